The van der Waals surface area contributed by atoms with E-state index in [1.165, 1.54) is 0 Å². The molecule has 2 amide bonds. The summed E-state index contributed by atoms with van der Waals surface area (Å²) in [7, 11) is 0. The van der Waals surface area contributed by atoms with Crippen LogP contribution < -0.4 is 5.32 Å². The zero-order chi connectivity index (χ0) is 23.0. The predicted octanol–water partition coefficient (Wildman–Crippen LogP) is 6.57. The Labute approximate surface area is 203 Å². The van der Waals surface area contributed by atoms with Gasteiger partial charge in [-0.15, -0.1) is 0 Å². The second kappa shape index (κ2) is 12.5. The van der Waals surface area contributed by atoms with Crippen molar-refractivity contribution < 1.29 is 9.59 Å². The molecule has 2 aromatic rings. The molecule has 31 heavy (non-hydrogen) atoms. The van der Waals surface area contributed by atoms with E-state index in [0.29, 0.717) is 38.6 Å². The third kappa shape index (κ3) is 7.57. The number of nitrogens with one attached hydrogen (secondary N) is 1. The van der Waals surface area contributed by atoms with Crippen molar-refractivity contribution in [3.63, 3.8) is 0 Å². The van der Waals surface area contributed by atoms with E-state index in [1.807, 2.05) is 6.92 Å². The highest BCUT2D eigenvalue weighted by atomic mass is 35.5. The van der Waals surface area contributed by atoms with Crippen molar-refractivity contribution in [2.75, 3.05) is 6.54 Å². The quantitative estimate of drug-likeness (QED) is 0.373. The third-order valence-corrected chi connectivity index (χ3v) is 6.24. The molecule has 1 atom stereocenters. The zero-order valence-corrected chi connectivity index (χ0v) is 20.6. The first-order chi connectivity index (χ1) is 14.8. The van der Waals surface area contributed by atoms with Crippen molar-refractivity contribution in [3.8, 4) is 0 Å². The maximum atomic E-state index is 13.3. The minimum Gasteiger partial charge on any atom is -0.354 e. The minimum atomic E-state index is -0.620. The number of halogens is 4. The van der Waals surface area contributed by atoms with Gasteiger partial charge in [0, 0.05) is 23.1 Å². The predicted molar refractivity (Wildman–Crippen MR) is 129 cm³/mol. The fraction of sp³-hybridized carbons (Fsp3) is 0.391. The molecule has 0 aromatic heterocycles. The van der Waals surface area contributed by atoms with E-state index in [1.54, 1.807) is 41.3 Å². The molecule has 0 aliphatic carbocycles. The Morgan fingerprint density at radius 2 is 1.71 bits per heavy atom. The van der Waals surface area contributed by atoms with E-state index in [4.69, 9.17) is 46.4 Å². The van der Waals surface area contributed by atoms with Gasteiger partial charge in [-0.25, -0.2) is 0 Å². The van der Waals surface area contributed by atoms with Crippen molar-refractivity contribution in [1.29, 1.82) is 0 Å². The van der Waals surface area contributed by atoms with Crippen LogP contribution in [0, 0.1) is 0 Å². The highest BCUT2D eigenvalue weighted by molar-refractivity contribution is 6.42. The molecule has 2 aromatic carbocycles. The Kier molecular flexibility index (Phi) is 10.4. The summed E-state index contributed by atoms with van der Waals surface area (Å²) < 4.78 is 0. The molecule has 0 spiro atoms. The Hall–Kier alpha value is -1.46. The SMILES string of the molecule is CCCCNC(=O)C(CC)N(Cc1ccc(Cl)c(Cl)c1)C(=O)Cc1ccc(Cl)cc1Cl. The first-order valence-corrected chi connectivity index (χ1v) is 11.7. The number of amides is 2. The van der Waals surface area contributed by atoms with Gasteiger partial charge in [0.15, 0.2) is 0 Å². The molecule has 0 aliphatic rings. The average Bonchev–Trinajstić information content (AvgIpc) is 2.72. The van der Waals surface area contributed by atoms with E-state index in [9.17, 15) is 9.59 Å². The lowest BCUT2D eigenvalue weighted by molar-refractivity contribution is -0.140. The highest BCUT2D eigenvalue weighted by Gasteiger charge is 2.29. The molecule has 4 nitrogen and oxygen atoms in total. The second-order valence-electron chi connectivity index (χ2n) is 7.25. The summed E-state index contributed by atoms with van der Waals surface area (Å²) in [6.07, 6.45) is 2.37. The second-order valence-corrected chi connectivity index (χ2v) is 8.91. The smallest absolute Gasteiger partial charge is 0.242 e. The summed E-state index contributed by atoms with van der Waals surface area (Å²) in [5.74, 6) is -0.389. The number of hydrogen-bond donors (Lipinski definition) is 1. The number of nitrogens with zero attached hydrogens (tertiary/aromatic N) is 1. The largest absolute Gasteiger partial charge is 0.354 e. The van der Waals surface area contributed by atoms with Crippen LogP contribution in [-0.2, 0) is 22.6 Å². The van der Waals surface area contributed by atoms with E-state index in [-0.39, 0.29) is 24.8 Å². The van der Waals surface area contributed by atoms with E-state index >= 15 is 0 Å². The molecule has 0 saturated carbocycles. The molecule has 168 valence electrons. The van der Waals surface area contributed by atoms with Crippen LogP contribution in [0.25, 0.3) is 0 Å². The maximum Gasteiger partial charge on any atom is 0.242 e. The Morgan fingerprint density at radius 1 is 0.968 bits per heavy atom. The van der Waals surface area contributed by atoms with Gasteiger partial charge >= 0.3 is 0 Å². The highest BCUT2D eigenvalue weighted by Crippen LogP contribution is 2.26. The molecule has 0 radical (unpaired) electrons. The topological polar surface area (TPSA) is 49.4 Å². The Morgan fingerprint density at radius 3 is 2.32 bits per heavy atom. The van der Waals surface area contributed by atoms with Crippen LogP contribution in [0.3, 0.4) is 0 Å². The number of carbonyl (C=O) groups excluding carboxylic acids is 2. The van der Waals surface area contributed by atoms with Gasteiger partial charge in [-0.1, -0.05) is 78.8 Å². The number of unbranched alkanes of at least 4 members (excludes halogenated alkanes) is 1. The average molecular weight is 504 g/mol. The van der Waals surface area contributed by atoms with Crippen LogP contribution in [0.5, 0.6) is 0 Å². The minimum absolute atomic E-state index is 0.0517. The van der Waals surface area contributed by atoms with Crippen molar-refractivity contribution in [2.45, 2.75) is 52.1 Å². The van der Waals surface area contributed by atoms with Gasteiger partial charge in [0.2, 0.25) is 11.8 Å². The molecule has 0 bridgehead atoms. The van der Waals surface area contributed by atoms with Crippen LogP contribution in [0.2, 0.25) is 20.1 Å². The summed E-state index contributed by atoms with van der Waals surface area (Å²) in [5.41, 5.74) is 1.43. The Balaban J connectivity index is 2.31. The number of carbonyl (C=O) groups is 2. The molecular formula is C23H26Cl4N2O2. The van der Waals surface area contributed by atoms with Gasteiger partial charge in [0.1, 0.15) is 6.04 Å². The molecule has 8 heteroatoms. The van der Waals surface area contributed by atoms with Crippen LogP contribution in [0.1, 0.15) is 44.2 Å². The van der Waals surface area contributed by atoms with Gasteiger partial charge in [0.25, 0.3) is 0 Å². The van der Waals surface area contributed by atoms with E-state index in [0.717, 1.165) is 18.4 Å². The first kappa shape index (κ1) is 25.8. The fourth-order valence-corrected chi connectivity index (χ4v) is 3.99. The molecule has 2 rings (SSSR count). The maximum absolute atomic E-state index is 13.3. The third-order valence-electron chi connectivity index (χ3n) is 4.91. The summed E-state index contributed by atoms with van der Waals surface area (Å²) >= 11 is 24.4. The van der Waals surface area contributed by atoms with Crippen molar-refractivity contribution >= 4 is 58.2 Å². The van der Waals surface area contributed by atoms with E-state index in [2.05, 4.69) is 12.2 Å². The van der Waals surface area contributed by atoms with Gasteiger partial charge < -0.3 is 10.2 Å². The molecule has 1 N–H and O–H groups in total. The molecule has 0 heterocycles. The van der Waals surface area contributed by atoms with Crippen LogP contribution >= 0.6 is 46.4 Å². The van der Waals surface area contributed by atoms with Gasteiger partial charge in [-0.3, -0.25) is 9.59 Å². The molecule has 0 aliphatic heterocycles. The van der Waals surface area contributed by atoms with Gasteiger partial charge in [-0.05, 0) is 48.2 Å². The molecular weight excluding hydrogens is 478 g/mol. The molecule has 0 fully saturated rings. The monoisotopic (exact) mass is 502 g/mol. The van der Waals surface area contributed by atoms with Crippen molar-refractivity contribution in [2.24, 2.45) is 0 Å². The van der Waals surface area contributed by atoms with Crippen LogP contribution in [0.4, 0.5) is 0 Å². The molecule has 0 saturated heterocycles. The summed E-state index contributed by atoms with van der Waals surface area (Å²) in [6.45, 7) is 4.73. The standard InChI is InChI=1S/C23H26Cl4N2O2/c1-3-5-10-28-23(31)21(4-2)29(14-15-6-9-18(25)20(27)11-15)22(30)12-16-7-8-17(24)13-19(16)26/h6-9,11,13,21H,3-5,10,12,14H2,1-2H3,(H,28,31). The number of rotatable bonds is 10. The Bertz CT molecular complexity index is 920. The lowest BCUT2D eigenvalue weighted by Gasteiger charge is -2.31. The zero-order valence-electron chi connectivity index (χ0n) is 17.6. The number of benzene rings is 2. The summed E-state index contributed by atoms with van der Waals surface area (Å²) in [6, 6.07) is 9.58. The lowest BCUT2D eigenvalue weighted by atomic mass is 10.1. The van der Waals surface area contributed by atoms with Crippen LogP contribution in [-0.4, -0.2) is 29.3 Å². The van der Waals surface area contributed by atoms with Crippen LogP contribution in [0.15, 0.2) is 36.4 Å². The summed E-state index contributed by atoms with van der Waals surface area (Å²) in [5, 5.41) is 4.67. The summed E-state index contributed by atoms with van der Waals surface area (Å²) in [4.78, 5) is 27.8. The molecule has 1 unspecified atom stereocenters. The van der Waals surface area contributed by atoms with Crippen molar-refractivity contribution in [3.05, 3.63) is 67.6 Å². The van der Waals surface area contributed by atoms with Crippen molar-refractivity contribution in [1.82, 2.24) is 10.2 Å². The number of hydrogen-bond acceptors (Lipinski definition) is 2. The van der Waals surface area contributed by atoms with E-state index < -0.39 is 6.04 Å². The van der Waals surface area contributed by atoms with Gasteiger partial charge in [0.05, 0.1) is 16.5 Å². The fourth-order valence-electron chi connectivity index (χ4n) is 3.19. The normalized spacial score (nSPS) is 11.8. The lowest BCUT2D eigenvalue weighted by Crippen LogP contribution is -2.49. The first-order valence-electron chi connectivity index (χ1n) is 10.2. The van der Waals surface area contributed by atoms with Gasteiger partial charge in [-0.2, -0.15) is 0 Å².